The van der Waals surface area contributed by atoms with E-state index in [0.29, 0.717) is 23.3 Å². The van der Waals surface area contributed by atoms with Crippen molar-refractivity contribution in [1.82, 2.24) is 14.9 Å². The number of hydrogen-bond acceptors (Lipinski definition) is 5. The number of hydrogen-bond donors (Lipinski definition) is 3. The van der Waals surface area contributed by atoms with Crippen LogP contribution in [0.25, 0.3) is 0 Å². The smallest absolute Gasteiger partial charge is 0.341 e. The molecule has 1 aliphatic heterocycles. The van der Waals surface area contributed by atoms with Gasteiger partial charge < -0.3 is 19.7 Å². The molecule has 2 heterocycles. The summed E-state index contributed by atoms with van der Waals surface area (Å²) in [5.41, 5.74) is 0.447. The number of benzene rings is 1. The number of carboxylic acids is 1. The van der Waals surface area contributed by atoms with Crippen LogP contribution in [0.4, 0.5) is 5.95 Å². The van der Waals surface area contributed by atoms with Crippen LogP contribution in [0.3, 0.4) is 0 Å². The molecule has 8 heteroatoms. The normalized spacial score (nSPS) is 14.9. The number of aromatic nitrogens is 2. The maximum Gasteiger partial charge on any atom is 0.341 e. The lowest BCUT2D eigenvalue weighted by Gasteiger charge is -2.25. The van der Waals surface area contributed by atoms with Crippen molar-refractivity contribution in [1.29, 1.82) is 0 Å². The Balaban J connectivity index is 1.64. The number of carboxylic acid groups (broad SMARTS) is 1. The van der Waals surface area contributed by atoms with Gasteiger partial charge in [-0.05, 0) is 50.2 Å². The Kier molecular flexibility index (Phi) is 5.30. The lowest BCUT2D eigenvalue weighted by atomic mass is 10.1. The highest BCUT2D eigenvalue weighted by Crippen LogP contribution is 2.23. The first-order valence-corrected chi connectivity index (χ1v) is 8.13. The number of nitrogens with zero attached hydrogens (tertiary/aromatic N) is 2. The van der Waals surface area contributed by atoms with Crippen LogP contribution in [0.5, 0.6) is 5.75 Å². The van der Waals surface area contributed by atoms with E-state index in [9.17, 15) is 9.59 Å². The number of imidazole rings is 1. The highest BCUT2D eigenvalue weighted by atomic mass is 16.5. The molecular formula is C17H20N4O4. The SMILES string of the molecule is O=C(O)COc1ccc(C(=O)Nc2nccn2C2CCNCC2)cc1. The van der Waals surface area contributed by atoms with Crippen LogP contribution in [-0.4, -0.2) is 46.2 Å². The summed E-state index contributed by atoms with van der Waals surface area (Å²) in [5.74, 6) is -0.393. The van der Waals surface area contributed by atoms with Crippen LogP contribution in [-0.2, 0) is 4.79 Å². The van der Waals surface area contributed by atoms with Gasteiger partial charge in [-0.3, -0.25) is 10.1 Å². The Labute approximate surface area is 144 Å². The van der Waals surface area contributed by atoms with E-state index in [1.165, 1.54) is 0 Å². The summed E-state index contributed by atoms with van der Waals surface area (Å²) in [4.78, 5) is 27.1. The maximum absolute atomic E-state index is 12.4. The summed E-state index contributed by atoms with van der Waals surface area (Å²) in [7, 11) is 0. The molecule has 132 valence electrons. The van der Waals surface area contributed by atoms with Crippen LogP contribution in [0, 0.1) is 0 Å². The lowest BCUT2D eigenvalue weighted by Crippen LogP contribution is -2.30. The van der Waals surface area contributed by atoms with Crippen molar-refractivity contribution >= 4 is 17.8 Å². The van der Waals surface area contributed by atoms with E-state index in [0.717, 1.165) is 25.9 Å². The Morgan fingerprint density at radius 1 is 1.28 bits per heavy atom. The number of rotatable bonds is 6. The van der Waals surface area contributed by atoms with Gasteiger partial charge in [-0.15, -0.1) is 0 Å². The number of anilines is 1. The molecule has 0 saturated carbocycles. The zero-order chi connectivity index (χ0) is 17.6. The van der Waals surface area contributed by atoms with Gasteiger partial charge in [0.25, 0.3) is 5.91 Å². The van der Waals surface area contributed by atoms with Gasteiger partial charge in [-0.25, -0.2) is 9.78 Å². The third-order valence-corrected chi connectivity index (χ3v) is 4.07. The van der Waals surface area contributed by atoms with Gasteiger partial charge in [0.2, 0.25) is 5.95 Å². The second-order valence-electron chi connectivity index (χ2n) is 5.80. The standard InChI is InChI=1S/C17H20N4O4/c22-15(23)11-25-14-3-1-12(2-4-14)16(24)20-17-19-9-10-21(17)13-5-7-18-8-6-13/h1-4,9-10,13,18H,5-8,11H2,(H,22,23)(H,19,20,24). The van der Waals surface area contributed by atoms with E-state index in [1.54, 1.807) is 30.5 Å². The minimum absolute atomic E-state index is 0.272. The fraction of sp³-hybridized carbons (Fsp3) is 0.353. The van der Waals surface area contributed by atoms with E-state index in [-0.39, 0.29) is 5.91 Å². The summed E-state index contributed by atoms with van der Waals surface area (Å²) < 4.78 is 7.06. The third-order valence-electron chi connectivity index (χ3n) is 4.07. The number of amides is 1. The summed E-state index contributed by atoms with van der Waals surface area (Å²) in [6.45, 7) is 1.49. The lowest BCUT2D eigenvalue weighted by molar-refractivity contribution is -0.139. The fourth-order valence-corrected chi connectivity index (χ4v) is 2.81. The number of aliphatic carboxylic acids is 1. The topological polar surface area (TPSA) is 105 Å². The molecule has 3 rings (SSSR count). The Hall–Kier alpha value is -2.87. The highest BCUT2D eigenvalue weighted by Gasteiger charge is 2.19. The van der Waals surface area contributed by atoms with Crippen molar-refractivity contribution in [2.24, 2.45) is 0 Å². The molecule has 25 heavy (non-hydrogen) atoms. The number of carbonyl (C=O) groups is 2. The van der Waals surface area contributed by atoms with Gasteiger partial charge >= 0.3 is 5.97 Å². The van der Waals surface area contributed by atoms with Crippen molar-refractivity contribution in [3.05, 3.63) is 42.2 Å². The van der Waals surface area contributed by atoms with Crippen molar-refractivity contribution in [3.63, 3.8) is 0 Å². The molecule has 0 atom stereocenters. The van der Waals surface area contributed by atoms with Crippen LogP contribution in [0.15, 0.2) is 36.7 Å². The van der Waals surface area contributed by atoms with Gasteiger partial charge in [0, 0.05) is 24.0 Å². The van der Waals surface area contributed by atoms with E-state index < -0.39 is 12.6 Å². The molecule has 1 aromatic heterocycles. The van der Waals surface area contributed by atoms with Gasteiger partial charge in [-0.1, -0.05) is 0 Å². The molecule has 0 unspecified atom stereocenters. The second-order valence-corrected chi connectivity index (χ2v) is 5.80. The van der Waals surface area contributed by atoms with Crippen LogP contribution < -0.4 is 15.4 Å². The number of nitrogens with one attached hydrogen (secondary N) is 2. The zero-order valence-corrected chi connectivity index (χ0v) is 13.6. The quantitative estimate of drug-likeness (QED) is 0.734. The van der Waals surface area contributed by atoms with Crippen molar-refractivity contribution in [2.75, 3.05) is 25.0 Å². The summed E-state index contributed by atoms with van der Waals surface area (Å²) in [6, 6.07) is 6.63. The van der Waals surface area contributed by atoms with E-state index in [1.807, 2.05) is 10.8 Å². The minimum Gasteiger partial charge on any atom is -0.482 e. The van der Waals surface area contributed by atoms with Gasteiger partial charge in [-0.2, -0.15) is 0 Å². The Morgan fingerprint density at radius 3 is 2.68 bits per heavy atom. The molecule has 8 nitrogen and oxygen atoms in total. The minimum atomic E-state index is -1.05. The largest absolute Gasteiger partial charge is 0.482 e. The number of piperidine rings is 1. The number of carbonyl (C=O) groups excluding carboxylic acids is 1. The molecule has 1 saturated heterocycles. The van der Waals surface area contributed by atoms with E-state index in [2.05, 4.69) is 15.6 Å². The molecule has 2 aromatic rings. The fourth-order valence-electron chi connectivity index (χ4n) is 2.81. The predicted molar refractivity (Wildman–Crippen MR) is 90.9 cm³/mol. The molecule has 0 spiro atoms. The van der Waals surface area contributed by atoms with Crippen molar-refractivity contribution in [2.45, 2.75) is 18.9 Å². The molecule has 0 bridgehead atoms. The van der Waals surface area contributed by atoms with E-state index >= 15 is 0 Å². The summed E-state index contributed by atoms with van der Waals surface area (Å²) in [5, 5.41) is 14.7. The Bertz CT molecular complexity index is 735. The average Bonchev–Trinajstić information content (AvgIpc) is 3.09. The molecule has 1 amide bonds. The first kappa shape index (κ1) is 17.0. The average molecular weight is 344 g/mol. The third kappa shape index (κ3) is 4.36. The molecule has 3 N–H and O–H groups in total. The summed E-state index contributed by atoms with van der Waals surface area (Å²) in [6.07, 6.45) is 5.55. The van der Waals surface area contributed by atoms with Crippen molar-refractivity contribution in [3.8, 4) is 5.75 Å². The molecule has 1 aliphatic rings. The number of ether oxygens (including phenoxy) is 1. The first-order chi connectivity index (χ1) is 12.1. The maximum atomic E-state index is 12.4. The Morgan fingerprint density at radius 2 is 2.00 bits per heavy atom. The highest BCUT2D eigenvalue weighted by molar-refractivity contribution is 6.03. The van der Waals surface area contributed by atoms with Crippen LogP contribution in [0.2, 0.25) is 0 Å². The van der Waals surface area contributed by atoms with Gasteiger partial charge in [0.15, 0.2) is 6.61 Å². The van der Waals surface area contributed by atoms with Gasteiger partial charge in [0.1, 0.15) is 5.75 Å². The van der Waals surface area contributed by atoms with Gasteiger partial charge in [0.05, 0.1) is 0 Å². The van der Waals surface area contributed by atoms with E-state index in [4.69, 9.17) is 9.84 Å². The summed E-state index contributed by atoms with van der Waals surface area (Å²) >= 11 is 0. The van der Waals surface area contributed by atoms with Crippen LogP contribution in [0.1, 0.15) is 29.2 Å². The van der Waals surface area contributed by atoms with Crippen LogP contribution >= 0.6 is 0 Å². The zero-order valence-electron chi connectivity index (χ0n) is 13.6. The monoisotopic (exact) mass is 344 g/mol. The molecule has 1 fully saturated rings. The molecular weight excluding hydrogens is 324 g/mol. The predicted octanol–water partition coefficient (Wildman–Crippen LogP) is 1.52. The van der Waals surface area contributed by atoms with Crippen molar-refractivity contribution < 1.29 is 19.4 Å². The molecule has 0 aliphatic carbocycles. The molecule has 1 aromatic carbocycles. The first-order valence-electron chi connectivity index (χ1n) is 8.13. The second kappa shape index (κ2) is 7.80. The molecule has 0 radical (unpaired) electrons.